The summed E-state index contributed by atoms with van der Waals surface area (Å²) in [5, 5.41) is 3.30. The maximum absolute atomic E-state index is 11.6. The maximum Gasteiger partial charge on any atom is 0.254 e. The van der Waals surface area contributed by atoms with Gasteiger partial charge in [0, 0.05) is 18.8 Å². The number of nitrogens with two attached hydrogens (primary N) is 1. The molecule has 1 atom stereocenters. The van der Waals surface area contributed by atoms with Gasteiger partial charge < -0.3 is 20.5 Å². The van der Waals surface area contributed by atoms with Gasteiger partial charge in [0.1, 0.15) is 18.3 Å². The highest BCUT2D eigenvalue weighted by atomic mass is 16.6. The minimum absolute atomic E-state index is 0.0860. The Balaban J connectivity index is 2.11. The molecule has 21 heavy (non-hydrogen) atoms. The number of hydrogen-bond acceptors (Lipinski definition) is 5. The van der Waals surface area contributed by atoms with Gasteiger partial charge in [-0.25, -0.2) is 4.98 Å². The molecule has 0 radical (unpaired) electrons. The molecule has 6 heteroatoms. The summed E-state index contributed by atoms with van der Waals surface area (Å²) in [5.74, 6) is -0.245. The van der Waals surface area contributed by atoms with Crippen LogP contribution < -0.4 is 15.8 Å². The monoisotopic (exact) mass is 293 g/mol. The number of amides is 1. The molecule has 0 aromatic carbocycles. The molecule has 1 aliphatic rings. The molecule has 1 saturated heterocycles. The Bertz CT molecular complexity index is 543. The number of rotatable bonds is 4. The Labute approximate surface area is 125 Å². The van der Waals surface area contributed by atoms with E-state index in [1.807, 2.05) is 33.8 Å². The zero-order valence-corrected chi connectivity index (χ0v) is 13.0. The van der Waals surface area contributed by atoms with E-state index in [2.05, 4.69) is 10.3 Å². The molecule has 0 aliphatic carbocycles. The van der Waals surface area contributed by atoms with E-state index >= 15 is 0 Å². The Morgan fingerprint density at radius 2 is 2.29 bits per heavy atom. The van der Waals surface area contributed by atoms with Gasteiger partial charge in [0.15, 0.2) is 0 Å². The lowest BCUT2D eigenvalue weighted by Crippen LogP contribution is -2.52. The number of morpholine rings is 1. The van der Waals surface area contributed by atoms with Gasteiger partial charge in [-0.3, -0.25) is 4.79 Å². The highest BCUT2D eigenvalue weighted by Gasteiger charge is 2.29. The first-order chi connectivity index (χ1) is 9.78. The zero-order chi connectivity index (χ0) is 15.6. The first kappa shape index (κ1) is 15.7. The minimum atomic E-state index is -0.530. The van der Waals surface area contributed by atoms with Crippen LogP contribution in [0.1, 0.15) is 35.5 Å². The number of carbonyl (C=O) groups is 1. The molecule has 6 nitrogen and oxygen atoms in total. The van der Waals surface area contributed by atoms with Crippen LogP contribution in [0.3, 0.4) is 0 Å². The lowest BCUT2D eigenvalue weighted by Gasteiger charge is -2.36. The van der Waals surface area contributed by atoms with Gasteiger partial charge in [-0.15, -0.1) is 0 Å². The highest BCUT2D eigenvalue weighted by Crippen LogP contribution is 2.22. The number of pyridine rings is 1. The molecule has 1 unspecified atom stereocenters. The summed E-state index contributed by atoms with van der Waals surface area (Å²) in [7, 11) is 0. The molecule has 1 fully saturated rings. The van der Waals surface area contributed by atoms with Crippen LogP contribution in [0.2, 0.25) is 0 Å². The van der Waals surface area contributed by atoms with Gasteiger partial charge in [-0.1, -0.05) is 0 Å². The number of aryl methyl sites for hydroxylation is 2. The van der Waals surface area contributed by atoms with Crippen molar-refractivity contribution in [3.8, 4) is 5.88 Å². The van der Waals surface area contributed by atoms with Crippen LogP contribution in [0.15, 0.2) is 6.07 Å². The summed E-state index contributed by atoms with van der Waals surface area (Å²) in [5.41, 5.74) is 7.08. The molecule has 0 bridgehead atoms. The smallest absolute Gasteiger partial charge is 0.254 e. The average molecular weight is 293 g/mol. The van der Waals surface area contributed by atoms with E-state index in [1.165, 1.54) is 0 Å². The SMILES string of the molecule is Cc1cc(C)c(C(N)=O)c(OCC2CNCC(C)(C)O2)n1. The molecular weight excluding hydrogens is 270 g/mol. The number of primary amides is 1. The Hall–Kier alpha value is -1.66. The second kappa shape index (κ2) is 5.99. The van der Waals surface area contributed by atoms with Gasteiger partial charge in [-0.05, 0) is 39.3 Å². The fraction of sp³-hybridized carbons (Fsp3) is 0.600. The summed E-state index contributed by atoms with van der Waals surface area (Å²) < 4.78 is 11.6. The molecule has 2 heterocycles. The fourth-order valence-electron chi connectivity index (χ4n) is 2.54. The number of nitrogens with one attached hydrogen (secondary N) is 1. The van der Waals surface area contributed by atoms with E-state index in [0.717, 1.165) is 17.8 Å². The van der Waals surface area contributed by atoms with Crippen LogP contribution in [-0.2, 0) is 4.74 Å². The Morgan fingerprint density at radius 1 is 1.57 bits per heavy atom. The van der Waals surface area contributed by atoms with Gasteiger partial charge >= 0.3 is 0 Å². The van der Waals surface area contributed by atoms with E-state index in [-0.39, 0.29) is 17.6 Å². The molecule has 1 aromatic heterocycles. The second-order valence-electron chi connectivity index (χ2n) is 6.07. The Morgan fingerprint density at radius 3 is 2.90 bits per heavy atom. The third-order valence-corrected chi connectivity index (χ3v) is 3.37. The van der Waals surface area contributed by atoms with Crippen LogP contribution in [0.5, 0.6) is 5.88 Å². The van der Waals surface area contributed by atoms with Crippen LogP contribution >= 0.6 is 0 Å². The second-order valence-corrected chi connectivity index (χ2v) is 6.07. The number of nitrogens with zero attached hydrogens (tertiary/aromatic N) is 1. The van der Waals surface area contributed by atoms with E-state index in [4.69, 9.17) is 15.2 Å². The molecule has 3 N–H and O–H groups in total. The summed E-state index contributed by atoms with van der Waals surface area (Å²) in [6, 6.07) is 1.81. The standard InChI is InChI=1S/C15H23N3O3/c1-9-5-10(2)18-14(12(9)13(16)19)20-7-11-6-17-8-15(3,4)21-11/h5,11,17H,6-8H2,1-4H3,(H2,16,19). The van der Waals surface area contributed by atoms with Crippen molar-refractivity contribution in [2.24, 2.45) is 5.73 Å². The number of aromatic nitrogens is 1. The topological polar surface area (TPSA) is 86.5 Å². The minimum Gasteiger partial charge on any atom is -0.474 e. The van der Waals surface area contributed by atoms with Crippen molar-refractivity contribution in [2.45, 2.75) is 39.4 Å². The van der Waals surface area contributed by atoms with E-state index in [9.17, 15) is 4.79 Å². The molecular formula is C15H23N3O3. The third-order valence-electron chi connectivity index (χ3n) is 3.37. The van der Waals surface area contributed by atoms with Crippen LogP contribution in [0.25, 0.3) is 0 Å². The maximum atomic E-state index is 11.6. The van der Waals surface area contributed by atoms with Gasteiger partial charge in [0.05, 0.1) is 5.60 Å². The normalized spacial score (nSPS) is 21.0. The predicted molar refractivity (Wildman–Crippen MR) is 79.5 cm³/mol. The van der Waals surface area contributed by atoms with Crippen molar-refractivity contribution in [3.63, 3.8) is 0 Å². The molecule has 0 spiro atoms. The summed E-state index contributed by atoms with van der Waals surface area (Å²) in [6.45, 7) is 9.56. The van der Waals surface area contributed by atoms with Crippen LogP contribution in [0, 0.1) is 13.8 Å². The number of carbonyl (C=O) groups excluding carboxylic acids is 1. The molecule has 2 rings (SSSR count). The van der Waals surface area contributed by atoms with Crippen LogP contribution in [-0.4, -0.2) is 42.3 Å². The van der Waals surface area contributed by atoms with E-state index in [0.29, 0.717) is 18.7 Å². The first-order valence-corrected chi connectivity index (χ1v) is 7.08. The van der Waals surface area contributed by atoms with E-state index in [1.54, 1.807) is 0 Å². The van der Waals surface area contributed by atoms with E-state index < -0.39 is 5.91 Å². The van der Waals surface area contributed by atoms with Gasteiger partial charge in [0.2, 0.25) is 5.88 Å². The number of hydrogen-bond donors (Lipinski definition) is 2. The number of ether oxygens (including phenoxy) is 2. The molecule has 1 amide bonds. The molecule has 1 aromatic rings. The summed E-state index contributed by atoms with van der Waals surface area (Å²) in [6.07, 6.45) is -0.0860. The van der Waals surface area contributed by atoms with Crippen molar-refractivity contribution in [2.75, 3.05) is 19.7 Å². The van der Waals surface area contributed by atoms with Crippen molar-refractivity contribution in [1.29, 1.82) is 0 Å². The largest absolute Gasteiger partial charge is 0.474 e. The molecule has 1 aliphatic heterocycles. The zero-order valence-electron chi connectivity index (χ0n) is 13.0. The average Bonchev–Trinajstić information content (AvgIpc) is 2.33. The molecule has 116 valence electrons. The van der Waals surface area contributed by atoms with Crippen molar-refractivity contribution >= 4 is 5.91 Å². The third kappa shape index (κ3) is 3.92. The fourth-order valence-corrected chi connectivity index (χ4v) is 2.54. The first-order valence-electron chi connectivity index (χ1n) is 7.08. The molecule has 0 saturated carbocycles. The van der Waals surface area contributed by atoms with Crippen molar-refractivity contribution in [1.82, 2.24) is 10.3 Å². The van der Waals surface area contributed by atoms with Crippen molar-refractivity contribution in [3.05, 3.63) is 22.9 Å². The van der Waals surface area contributed by atoms with Gasteiger partial charge in [0.25, 0.3) is 5.91 Å². The highest BCUT2D eigenvalue weighted by molar-refractivity contribution is 5.96. The lowest BCUT2D eigenvalue weighted by molar-refractivity contribution is -0.107. The van der Waals surface area contributed by atoms with Crippen LogP contribution in [0.4, 0.5) is 0 Å². The van der Waals surface area contributed by atoms with Crippen molar-refractivity contribution < 1.29 is 14.3 Å². The van der Waals surface area contributed by atoms with Gasteiger partial charge in [-0.2, -0.15) is 0 Å². The summed E-state index contributed by atoms with van der Waals surface area (Å²) >= 11 is 0. The lowest BCUT2D eigenvalue weighted by atomic mass is 10.1. The summed E-state index contributed by atoms with van der Waals surface area (Å²) in [4.78, 5) is 15.8. The predicted octanol–water partition coefficient (Wildman–Crippen LogP) is 0.943. The quantitative estimate of drug-likeness (QED) is 0.863. The Kier molecular flexibility index (Phi) is 4.49.